The molecule has 4 atom stereocenters. The first-order valence-electron chi connectivity index (χ1n) is 23.1. The van der Waals surface area contributed by atoms with E-state index < -0.39 is 63.2 Å². The fourth-order valence-electron chi connectivity index (χ4n) is 8.89. The van der Waals surface area contributed by atoms with E-state index in [-0.39, 0.29) is 35.9 Å². The number of carbonyl (C=O) groups excluding carboxylic acids is 1. The predicted octanol–water partition coefficient (Wildman–Crippen LogP) is 12.1. The average Bonchev–Trinajstić information content (AvgIpc) is 3.13. The first kappa shape index (κ1) is 54.2. The molecule has 0 amide bonds. The predicted molar refractivity (Wildman–Crippen MR) is 248 cm³/mol. The normalized spacial score (nSPS) is 14.6. The summed E-state index contributed by atoms with van der Waals surface area (Å²) < 4.78 is 0. The van der Waals surface area contributed by atoms with E-state index >= 15 is 0 Å². The average molecular weight is 867 g/mol. The highest BCUT2D eigenvalue weighted by Gasteiger charge is 2.47. The lowest BCUT2D eigenvalue weighted by Crippen LogP contribution is -2.39. The Morgan fingerprint density at radius 1 is 0.452 bits per heavy atom. The van der Waals surface area contributed by atoms with Crippen LogP contribution in [0.2, 0.25) is 0 Å². The van der Waals surface area contributed by atoms with E-state index in [0.717, 1.165) is 77.0 Å². The Labute approximate surface area is 372 Å². The van der Waals surface area contributed by atoms with Crippen molar-refractivity contribution < 1.29 is 49.8 Å². The fraction of sp³-hybridized carbons (Fsp3) is 0.692. The number of phenols is 2. The van der Waals surface area contributed by atoms with Crippen LogP contribution in [0.5, 0.6) is 11.5 Å². The zero-order chi connectivity index (χ0) is 47.4. The molecule has 2 aromatic carbocycles. The molecule has 6 N–H and O–H groups in total. The van der Waals surface area contributed by atoms with Crippen molar-refractivity contribution in [2.24, 2.45) is 11.8 Å². The quantitative estimate of drug-likeness (QED) is 0.0524. The molecule has 62 heavy (non-hydrogen) atoms. The van der Waals surface area contributed by atoms with Crippen LogP contribution in [-0.4, -0.2) is 60.9 Å². The Morgan fingerprint density at radius 3 is 1.02 bits per heavy atom. The number of unbranched alkanes of at least 4 members (excludes halogenated alkanes) is 12. The van der Waals surface area contributed by atoms with Crippen LogP contribution in [0.15, 0.2) is 24.3 Å². The smallest absolute Gasteiger partial charge is 0.311 e. The summed E-state index contributed by atoms with van der Waals surface area (Å²) in [5, 5.41) is 65.4. The summed E-state index contributed by atoms with van der Waals surface area (Å²) >= 11 is 0. The van der Waals surface area contributed by atoms with Gasteiger partial charge in [0.2, 0.25) is 0 Å². The number of rotatable bonds is 25. The number of carbonyl (C=O) groups is 4. The number of Topliss-reactive ketones (excluding diaryl/α,β-unsaturated/α-hetero) is 1. The first-order valence-corrected chi connectivity index (χ1v) is 23.1. The van der Waals surface area contributed by atoms with Gasteiger partial charge in [0.1, 0.15) is 18.1 Å². The SMILES string of the molecule is CC(C)(C)c1cc(C(C(=O)O)C(CCCCCCCCCCCCCCCC(=O)CO)C(C(=O)O)C(C(=O)O)c2cc(C(C)(C)C)c(O)c(C(C)(C)C)c2)cc(C(C)(C)C)c1O. The summed E-state index contributed by atoms with van der Waals surface area (Å²) in [5.74, 6) is -9.93. The summed E-state index contributed by atoms with van der Waals surface area (Å²) in [6, 6.07) is 6.52. The Kier molecular flexibility index (Phi) is 20.2. The maximum atomic E-state index is 13.8. The molecule has 0 aliphatic heterocycles. The number of aliphatic hydroxyl groups excluding tert-OH is 1. The van der Waals surface area contributed by atoms with E-state index in [2.05, 4.69) is 0 Å². The molecule has 2 aromatic rings. The van der Waals surface area contributed by atoms with Crippen molar-refractivity contribution in [3.63, 3.8) is 0 Å². The molecule has 0 aliphatic carbocycles. The lowest BCUT2D eigenvalue weighted by molar-refractivity contribution is -0.155. The molecule has 10 nitrogen and oxygen atoms in total. The van der Waals surface area contributed by atoms with Gasteiger partial charge in [0, 0.05) is 6.42 Å². The second-order valence-electron chi connectivity index (χ2n) is 21.9. The summed E-state index contributed by atoms with van der Waals surface area (Å²) in [6.07, 6.45) is 13.3. The minimum absolute atomic E-state index is 0.0270. The second kappa shape index (κ2) is 23.1. The Bertz CT molecular complexity index is 1730. The van der Waals surface area contributed by atoms with Crippen LogP contribution in [0.1, 0.15) is 225 Å². The van der Waals surface area contributed by atoms with E-state index in [1.165, 1.54) is 0 Å². The van der Waals surface area contributed by atoms with Gasteiger partial charge >= 0.3 is 17.9 Å². The van der Waals surface area contributed by atoms with Gasteiger partial charge in [-0.25, -0.2) is 0 Å². The zero-order valence-corrected chi connectivity index (χ0v) is 40.2. The molecule has 0 saturated carbocycles. The number of aliphatic carboxylic acids is 3. The zero-order valence-electron chi connectivity index (χ0n) is 40.2. The monoisotopic (exact) mass is 867 g/mol. The van der Waals surface area contributed by atoms with Crippen molar-refractivity contribution in [3.8, 4) is 11.5 Å². The third-order valence-electron chi connectivity index (χ3n) is 12.5. The van der Waals surface area contributed by atoms with Crippen LogP contribution >= 0.6 is 0 Å². The highest BCUT2D eigenvalue weighted by atomic mass is 16.4. The molecule has 0 heterocycles. The van der Waals surface area contributed by atoms with Crippen LogP contribution in [-0.2, 0) is 40.8 Å². The number of hydrogen-bond acceptors (Lipinski definition) is 7. The molecule has 10 heteroatoms. The van der Waals surface area contributed by atoms with Crippen molar-refractivity contribution >= 4 is 23.7 Å². The molecular formula is C52H82O10. The topological polar surface area (TPSA) is 190 Å². The molecule has 0 radical (unpaired) electrons. The van der Waals surface area contributed by atoms with E-state index in [0.29, 0.717) is 40.7 Å². The van der Waals surface area contributed by atoms with Crippen LogP contribution in [0.3, 0.4) is 0 Å². The van der Waals surface area contributed by atoms with E-state index in [1.54, 1.807) is 24.3 Å². The molecule has 0 bridgehead atoms. The second-order valence-corrected chi connectivity index (χ2v) is 21.9. The number of benzene rings is 2. The molecular weight excluding hydrogens is 785 g/mol. The van der Waals surface area contributed by atoms with Crippen LogP contribution in [0.25, 0.3) is 0 Å². The molecule has 0 aromatic heterocycles. The molecule has 4 unspecified atom stereocenters. The Balaban J connectivity index is 2.57. The lowest BCUT2D eigenvalue weighted by Gasteiger charge is -2.36. The standard InChI is InChI=1S/C52H82O10/c1-49(2,3)37-28-33(29-38(44(37)55)50(4,5)6)41(46(57)58)36(27-25-23-21-19-17-15-13-14-16-18-20-22-24-26-35(54)32-53)43(48(61)62)42(47(59)60)34-30-39(51(7,8)9)45(56)40(31-34)52(10,11)12/h28-31,36,41-43,53,55-56H,13-27,32H2,1-12H3,(H,57,58)(H,59,60)(H,61,62). The van der Waals surface area contributed by atoms with Gasteiger partial charge in [0.25, 0.3) is 0 Å². The van der Waals surface area contributed by atoms with E-state index in [4.69, 9.17) is 5.11 Å². The number of hydrogen-bond donors (Lipinski definition) is 6. The number of carboxylic acid groups (broad SMARTS) is 3. The van der Waals surface area contributed by atoms with Crippen molar-refractivity contribution in [1.29, 1.82) is 0 Å². The molecule has 0 saturated heterocycles. The van der Waals surface area contributed by atoms with E-state index in [1.807, 2.05) is 83.1 Å². The van der Waals surface area contributed by atoms with Gasteiger partial charge in [0.05, 0.1) is 17.8 Å². The Morgan fingerprint density at radius 2 is 0.742 bits per heavy atom. The van der Waals surface area contributed by atoms with Gasteiger partial charge < -0.3 is 30.6 Å². The Hall–Kier alpha value is -3.92. The summed E-state index contributed by atoms with van der Waals surface area (Å²) in [6.45, 7) is 22.5. The molecule has 0 fully saturated rings. The number of phenolic OH excluding ortho intramolecular Hbond substituents is 2. The van der Waals surface area contributed by atoms with Crippen molar-refractivity contribution in [2.75, 3.05) is 6.61 Å². The van der Waals surface area contributed by atoms with Gasteiger partial charge in [-0.05, 0) is 73.8 Å². The molecule has 0 aliphatic rings. The van der Waals surface area contributed by atoms with Crippen LogP contribution in [0.4, 0.5) is 0 Å². The summed E-state index contributed by atoms with van der Waals surface area (Å²) in [7, 11) is 0. The maximum Gasteiger partial charge on any atom is 0.311 e. The minimum atomic E-state index is -1.66. The van der Waals surface area contributed by atoms with Gasteiger partial charge in [-0.2, -0.15) is 0 Å². The van der Waals surface area contributed by atoms with Crippen LogP contribution in [0, 0.1) is 11.8 Å². The van der Waals surface area contributed by atoms with Crippen molar-refractivity contribution in [1.82, 2.24) is 0 Å². The number of ketones is 1. The number of aromatic hydroxyl groups is 2. The third kappa shape index (κ3) is 15.7. The van der Waals surface area contributed by atoms with Crippen molar-refractivity contribution in [3.05, 3.63) is 57.6 Å². The number of carboxylic acids is 3. The highest BCUT2D eigenvalue weighted by Crippen LogP contribution is 2.48. The lowest BCUT2D eigenvalue weighted by atomic mass is 9.66. The molecule has 350 valence electrons. The molecule has 2 rings (SSSR count). The van der Waals surface area contributed by atoms with Gasteiger partial charge in [-0.15, -0.1) is 0 Å². The summed E-state index contributed by atoms with van der Waals surface area (Å²) in [5.41, 5.74) is 0.0959. The fourth-order valence-corrected chi connectivity index (χ4v) is 8.89. The largest absolute Gasteiger partial charge is 0.507 e. The third-order valence-corrected chi connectivity index (χ3v) is 12.5. The first-order chi connectivity index (χ1) is 28.5. The van der Waals surface area contributed by atoms with E-state index in [9.17, 15) is 44.7 Å². The minimum Gasteiger partial charge on any atom is -0.507 e. The summed E-state index contributed by atoms with van der Waals surface area (Å²) in [4.78, 5) is 52.4. The maximum absolute atomic E-state index is 13.8. The van der Waals surface area contributed by atoms with Crippen molar-refractivity contribution in [2.45, 2.75) is 213 Å². The van der Waals surface area contributed by atoms with Gasteiger partial charge in [-0.3, -0.25) is 19.2 Å². The van der Waals surface area contributed by atoms with Gasteiger partial charge in [-0.1, -0.05) is 184 Å². The van der Waals surface area contributed by atoms with Crippen LogP contribution < -0.4 is 0 Å². The van der Waals surface area contributed by atoms with Gasteiger partial charge in [0.15, 0.2) is 5.78 Å². The highest BCUT2D eigenvalue weighted by molar-refractivity contribution is 5.87. The molecule has 0 spiro atoms. The number of aliphatic hydroxyl groups is 1.